The molecule has 2 nitrogen and oxygen atoms in total. The van der Waals surface area contributed by atoms with Gasteiger partial charge >= 0.3 is 0 Å². The minimum Gasteiger partial charge on any atom is -0.383 e. The van der Waals surface area contributed by atoms with Crippen molar-refractivity contribution < 1.29 is 4.39 Å². The molecule has 6 heteroatoms. The summed E-state index contributed by atoms with van der Waals surface area (Å²) in [7, 11) is 0. The van der Waals surface area contributed by atoms with E-state index < -0.39 is 0 Å². The van der Waals surface area contributed by atoms with Crippen molar-refractivity contribution in [2.45, 2.75) is 23.0 Å². The zero-order chi connectivity index (χ0) is 14.3. The SMILES string of the molecule is Nc1ncc(Br)cc1SC1CCc2c(F)ccc(Cl)c21. The van der Waals surface area contributed by atoms with Gasteiger partial charge in [0, 0.05) is 20.9 Å². The summed E-state index contributed by atoms with van der Waals surface area (Å²) >= 11 is 11.2. The van der Waals surface area contributed by atoms with Crippen LogP contribution in [0.1, 0.15) is 22.8 Å². The Bertz CT molecular complexity index is 680. The Labute approximate surface area is 134 Å². The fraction of sp³-hybridized carbons (Fsp3) is 0.214. The summed E-state index contributed by atoms with van der Waals surface area (Å²) in [5, 5.41) is 0.740. The van der Waals surface area contributed by atoms with Crippen LogP contribution in [0.5, 0.6) is 0 Å². The third kappa shape index (κ3) is 2.54. The van der Waals surface area contributed by atoms with Crippen LogP contribution in [0, 0.1) is 5.82 Å². The lowest BCUT2D eigenvalue weighted by Gasteiger charge is -2.14. The van der Waals surface area contributed by atoms with Gasteiger partial charge in [-0.3, -0.25) is 0 Å². The highest BCUT2D eigenvalue weighted by Gasteiger charge is 2.29. The Balaban J connectivity index is 1.96. The van der Waals surface area contributed by atoms with Crippen LogP contribution in [0.15, 0.2) is 33.8 Å². The molecule has 1 aromatic carbocycles. The lowest BCUT2D eigenvalue weighted by atomic mass is 10.1. The molecule has 1 aromatic heterocycles. The number of nitrogens with two attached hydrogens (primary N) is 1. The van der Waals surface area contributed by atoms with Gasteiger partial charge in [-0.25, -0.2) is 9.37 Å². The summed E-state index contributed by atoms with van der Waals surface area (Å²) in [5.74, 6) is 0.312. The first-order valence-electron chi connectivity index (χ1n) is 6.10. The van der Waals surface area contributed by atoms with Crippen molar-refractivity contribution in [3.8, 4) is 0 Å². The molecule has 1 aliphatic rings. The minimum absolute atomic E-state index is 0.117. The lowest BCUT2D eigenvalue weighted by molar-refractivity contribution is 0.613. The second-order valence-electron chi connectivity index (χ2n) is 4.60. The first-order chi connectivity index (χ1) is 9.56. The Morgan fingerprint density at radius 1 is 1.45 bits per heavy atom. The van der Waals surface area contributed by atoms with Crippen molar-refractivity contribution in [1.29, 1.82) is 0 Å². The Morgan fingerprint density at radius 2 is 2.25 bits per heavy atom. The fourth-order valence-electron chi connectivity index (χ4n) is 2.43. The number of hydrogen-bond acceptors (Lipinski definition) is 3. The number of anilines is 1. The van der Waals surface area contributed by atoms with Gasteiger partial charge in [-0.15, -0.1) is 11.8 Å². The number of pyridine rings is 1. The first-order valence-corrected chi connectivity index (χ1v) is 8.16. The van der Waals surface area contributed by atoms with E-state index in [0.717, 1.165) is 26.9 Å². The van der Waals surface area contributed by atoms with E-state index in [2.05, 4.69) is 20.9 Å². The fourth-order valence-corrected chi connectivity index (χ4v) is 4.58. The second-order valence-corrected chi connectivity index (χ2v) is 7.17. The molecular weight excluding hydrogens is 363 g/mol. The molecule has 0 aliphatic heterocycles. The summed E-state index contributed by atoms with van der Waals surface area (Å²) in [6, 6.07) is 4.98. The smallest absolute Gasteiger partial charge is 0.137 e. The quantitative estimate of drug-likeness (QED) is 0.805. The Morgan fingerprint density at radius 3 is 3.05 bits per heavy atom. The highest BCUT2D eigenvalue weighted by atomic mass is 79.9. The molecule has 0 saturated heterocycles. The third-order valence-corrected chi connectivity index (χ3v) is 5.44. The van der Waals surface area contributed by atoms with Crippen molar-refractivity contribution in [1.82, 2.24) is 4.98 Å². The predicted octanol–water partition coefficient (Wildman–Crippen LogP) is 5.00. The lowest BCUT2D eigenvalue weighted by Crippen LogP contribution is -1.96. The predicted molar refractivity (Wildman–Crippen MR) is 84.7 cm³/mol. The average Bonchev–Trinajstić information content (AvgIpc) is 2.83. The molecule has 0 amide bonds. The Hall–Kier alpha value is -0.780. The van der Waals surface area contributed by atoms with Crippen LogP contribution in [0.25, 0.3) is 0 Å². The molecule has 20 heavy (non-hydrogen) atoms. The van der Waals surface area contributed by atoms with Gasteiger partial charge in [-0.05, 0) is 58.1 Å². The summed E-state index contributed by atoms with van der Waals surface area (Å²) < 4.78 is 14.7. The van der Waals surface area contributed by atoms with E-state index in [1.807, 2.05) is 6.07 Å². The molecule has 0 saturated carbocycles. The van der Waals surface area contributed by atoms with Crippen molar-refractivity contribution in [2.75, 3.05) is 5.73 Å². The number of rotatable bonds is 2. The van der Waals surface area contributed by atoms with Crippen LogP contribution in [-0.2, 0) is 6.42 Å². The summed E-state index contributed by atoms with van der Waals surface area (Å²) in [6.07, 6.45) is 3.22. The summed E-state index contributed by atoms with van der Waals surface area (Å²) in [4.78, 5) is 5.01. The van der Waals surface area contributed by atoms with Gasteiger partial charge in [-0.2, -0.15) is 0 Å². The standard InChI is InChI=1S/C14H11BrClFN2S/c15-7-5-12(14(18)19-6-7)20-11-4-1-8-10(17)3-2-9(16)13(8)11/h2-3,5-6,11H,1,4H2,(H2,18,19). The molecule has 0 radical (unpaired) electrons. The van der Waals surface area contributed by atoms with E-state index >= 15 is 0 Å². The van der Waals surface area contributed by atoms with E-state index in [4.69, 9.17) is 17.3 Å². The van der Waals surface area contributed by atoms with Crippen LogP contribution in [0.2, 0.25) is 5.02 Å². The molecule has 2 aromatic rings. The van der Waals surface area contributed by atoms with Crippen LogP contribution >= 0.6 is 39.3 Å². The van der Waals surface area contributed by atoms with Gasteiger partial charge < -0.3 is 5.73 Å². The van der Waals surface area contributed by atoms with Crippen molar-refractivity contribution in [3.63, 3.8) is 0 Å². The molecule has 104 valence electrons. The molecule has 0 spiro atoms. The maximum absolute atomic E-state index is 13.8. The molecule has 0 bridgehead atoms. The van der Waals surface area contributed by atoms with Gasteiger partial charge in [-0.1, -0.05) is 11.6 Å². The van der Waals surface area contributed by atoms with E-state index in [0.29, 0.717) is 17.3 Å². The topological polar surface area (TPSA) is 38.9 Å². The first kappa shape index (κ1) is 14.2. The Kier molecular flexibility index (Phi) is 3.93. The molecular formula is C14H11BrClFN2S. The van der Waals surface area contributed by atoms with Gasteiger partial charge in [0.15, 0.2) is 0 Å². The molecule has 3 rings (SSSR count). The van der Waals surface area contributed by atoms with E-state index in [1.165, 1.54) is 6.07 Å². The normalized spacial score (nSPS) is 17.2. The maximum Gasteiger partial charge on any atom is 0.137 e. The average molecular weight is 374 g/mol. The molecule has 1 atom stereocenters. The summed E-state index contributed by atoms with van der Waals surface area (Å²) in [6.45, 7) is 0. The molecule has 1 aliphatic carbocycles. The minimum atomic E-state index is -0.173. The van der Waals surface area contributed by atoms with Crippen molar-refractivity contribution in [2.24, 2.45) is 0 Å². The summed E-state index contributed by atoms with van der Waals surface area (Å²) in [5.41, 5.74) is 7.53. The van der Waals surface area contributed by atoms with Crippen LogP contribution in [-0.4, -0.2) is 4.98 Å². The van der Waals surface area contributed by atoms with Gasteiger partial charge in [0.25, 0.3) is 0 Å². The van der Waals surface area contributed by atoms with Crippen LogP contribution < -0.4 is 5.73 Å². The zero-order valence-electron chi connectivity index (χ0n) is 10.4. The van der Waals surface area contributed by atoms with Gasteiger partial charge in [0.2, 0.25) is 0 Å². The van der Waals surface area contributed by atoms with E-state index in [1.54, 1.807) is 24.0 Å². The number of hydrogen-bond donors (Lipinski definition) is 1. The third-order valence-electron chi connectivity index (χ3n) is 3.34. The van der Waals surface area contributed by atoms with Crippen LogP contribution in [0.3, 0.4) is 0 Å². The maximum atomic E-state index is 13.8. The van der Waals surface area contributed by atoms with E-state index in [9.17, 15) is 4.39 Å². The van der Waals surface area contributed by atoms with Crippen molar-refractivity contribution in [3.05, 3.63) is 50.8 Å². The van der Waals surface area contributed by atoms with Gasteiger partial charge in [0.05, 0.1) is 4.90 Å². The highest BCUT2D eigenvalue weighted by molar-refractivity contribution is 9.10. The molecule has 1 heterocycles. The number of nitrogens with zero attached hydrogens (tertiary/aromatic N) is 1. The highest BCUT2D eigenvalue weighted by Crippen LogP contribution is 2.49. The zero-order valence-corrected chi connectivity index (χ0v) is 13.5. The molecule has 0 fully saturated rings. The molecule has 2 N–H and O–H groups in total. The van der Waals surface area contributed by atoms with E-state index in [-0.39, 0.29) is 11.1 Å². The largest absolute Gasteiger partial charge is 0.383 e. The number of halogens is 3. The van der Waals surface area contributed by atoms with Crippen LogP contribution in [0.4, 0.5) is 10.2 Å². The number of benzene rings is 1. The molecule has 1 unspecified atom stereocenters. The van der Waals surface area contributed by atoms with Crippen molar-refractivity contribution >= 4 is 45.1 Å². The number of thioether (sulfide) groups is 1. The van der Waals surface area contributed by atoms with Gasteiger partial charge in [0.1, 0.15) is 11.6 Å². The number of fused-ring (bicyclic) bond motifs is 1. The number of aromatic nitrogens is 1. The second kappa shape index (κ2) is 5.54. The number of nitrogen functional groups attached to an aromatic ring is 1. The monoisotopic (exact) mass is 372 g/mol.